The Morgan fingerprint density at radius 3 is 2.69 bits per heavy atom. The Morgan fingerprint density at radius 2 is 2.00 bits per heavy atom. The van der Waals surface area contributed by atoms with Gasteiger partial charge < -0.3 is 14.2 Å². The molecule has 4 rings (SSSR count). The smallest absolute Gasteiger partial charge is 0.339 e. The number of esters is 1. The highest BCUT2D eigenvalue weighted by molar-refractivity contribution is 6.03. The van der Waals surface area contributed by atoms with Crippen LogP contribution in [0.3, 0.4) is 0 Å². The number of aromatic nitrogens is 2. The quantitative estimate of drug-likeness (QED) is 0.593. The first-order chi connectivity index (χ1) is 14.0. The van der Waals surface area contributed by atoms with Gasteiger partial charge in [0, 0.05) is 18.7 Å². The topological polar surface area (TPSA) is 85.5 Å². The highest BCUT2D eigenvalue weighted by Gasteiger charge is 2.29. The fraction of sp³-hybridized carbons (Fsp3) is 0.364. The number of rotatable bonds is 6. The number of aryl methyl sites for hydroxylation is 1. The molecule has 1 amide bonds. The van der Waals surface area contributed by atoms with E-state index in [0.29, 0.717) is 28.3 Å². The Hall–Kier alpha value is -3.22. The van der Waals surface area contributed by atoms with E-state index < -0.39 is 5.97 Å². The third-order valence-corrected chi connectivity index (χ3v) is 5.44. The molecule has 0 radical (unpaired) electrons. The van der Waals surface area contributed by atoms with E-state index in [4.69, 9.17) is 9.26 Å². The number of amides is 1. The molecule has 0 aliphatic heterocycles. The van der Waals surface area contributed by atoms with Crippen LogP contribution in [0.1, 0.15) is 59.0 Å². The molecule has 1 aliphatic carbocycles. The van der Waals surface area contributed by atoms with Crippen molar-refractivity contribution in [3.63, 3.8) is 0 Å². The van der Waals surface area contributed by atoms with E-state index in [2.05, 4.69) is 10.1 Å². The Bertz CT molecular complexity index is 1060. The predicted octanol–water partition coefficient (Wildman–Crippen LogP) is 3.79. The number of pyridine rings is 1. The van der Waals surface area contributed by atoms with Gasteiger partial charge in [0.15, 0.2) is 6.61 Å². The van der Waals surface area contributed by atoms with Crippen LogP contribution in [0.25, 0.3) is 11.1 Å². The number of hydrogen-bond acceptors (Lipinski definition) is 6. The zero-order chi connectivity index (χ0) is 20.5. The molecule has 0 saturated heterocycles. The maximum absolute atomic E-state index is 12.8. The van der Waals surface area contributed by atoms with Crippen molar-refractivity contribution in [3.05, 3.63) is 58.9 Å². The molecule has 150 valence electrons. The molecule has 7 nitrogen and oxygen atoms in total. The summed E-state index contributed by atoms with van der Waals surface area (Å²) in [5.74, 6) is -0.500. The van der Waals surface area contributed by atoms with Gasteiger partial charge in [0.2, 0.25) is 0 Å². The average Bonchev–Trinajstić information content (AvgIpc) is 3.54. The van der Waals surface area contributed by atoms with Gasteiger partial charge in [-0.3, -0.25) is 4.79 Å². The molecule has 7 heteroatoms. The molecule has 2 aromatic heterocycles. The molecule has 3 aromatic rings. The zero-order valence-electron chi connectivity index (χ0n) is 16.7. The van der Waals surface area contributed by atoms with Gasteiger partial charge in [0.1, 0.15) is 0 Å². The minimum atomic E-state index is -0.570. The zero-order valence-corrected chi connectivity index (χ0v) is 16.7. The molecule has 0 N–H and O–H groups in total. The van der Waals surface area contributed by atoms with Crippen LogP contribution < -0.4 is 0 Å². The van der Waals surface area contributed by atoms with Crippen LogP contribution in [0.15, 0.2) is 40.9 Å². The van der Waals surface area contributed by atoms with Gasteiger partial charge in [-0.15, -0.1) is 0 Å². The van der Waals surface area contributed by atoms with Crippen LogP contribution in [-0.2, 0) is 9.53 Å². The lowest BCUT2D eigenvalue weighted by Gasteiger charge is -2.25. The number of fused-ring (bicyclic) bond motifs is 1. The van der Waals surface area contributed by atoms with E-state index in [1.54, 1.807) is 24.9 Å². The molecule has 1 atom stereocenters. The first-order valence-electron chi connectivity index (χ1n) is 9.70. The van der Waals surface area contributed by atoms with Gasteiger partial charge in [-0.1, -0.05) is 35.5 Å². The van der Waals surface area contributed by atoms with Gasteiger partial charge in [0.25, 0.3) is 11.6 Å². The summed E-state index contributed by atoms with van der Waals surface area (Å²) in [6.45, 7) is 3.35. The van der Waals surface area contributed by atoms with Gasteiger partial charge in [-0.05, 0) is 38.3 Å². The second-order valence-corrected chi connectivity index (χ2v) is 7.48. The fourth-order valence-electron chi connectivity index (χ4n) is 3.34. The van der Waals surface area contributed by atoms with Crippen molar-refractivity contribution in [3.8, 4) is 0 Å². The minimum Gasteiger partial charge on any atom is -0.452 e. The van der Waals surface area contributed by atoms with Crippen LogP contribution >= 0.6 is 0 Å². The predicted molar refractivity (Wildman–Crippen MR) is 106 cm³/mol. The lowest BCUT2D eigenvalue weighted by molar-refractivity contribution is -0.135. The molecule has 0 spiro atoms. The third kappa shape index (κ3) is 3.85. The number of hydrogen-bond donors (Lipinski definition) is 0. The molecule has 0 bridgehead atoms. The van der Waals surface area contributed by atoms with Gasteiger partial charge in [-0.25, -0.2) is 9.78 Å². The number of nitrogens with zero attached hydrogens (tertiary/aromatic N) is 3. The SMILES string of the molecule is Cc1noc2nc(C3CC3)cc(C(=O)OCC(=O)N(C)[C@@H](C)c3ccccc3)c12. The van der Waals surface area contributed by atoms with Crippen LogP contribution in [0, 0.1) is 6.92 Å². The molecule has 0 unspecified atom stereocenters. The molecule has 1 aliphatic rings. The number of carbonyl (C=O) groups excluding carboxylic acids is 2. The van der Waals surface area contributed by atoms with E-state index in [-0.39, 0.29) is 18.6 Å². The molecule has 1 saturated carbocycles. The van der Waals surface area contributed by atoms with Crippen molar-refractivity contribution < 1.29 is 18.8 Å². The molecule has 1 aromatic carbocycles. The Morgan fingerprint density at radius 1 is 1.28 bits per heavy atom. The van der Waals surface area contributed by atoms with Crippen LogP contribution in [0.5, 0.6) is 0 Å². The van der Waals surface area contributed by atoms with Crippen molar-refractivity contribution in [1.82, 2.24) is 15.0 Å². The largest absolute Gasteiger partial charge is 0.452 e. The average molecular weight is 393 g/mol. The third-order valence-electron chi connectivity index (χ3n) is 5.44. The monoisotopic (exact) mass is 393 g/mol. The normalized spacial score (nSPS) is 14.6. The lowest BCUT2D eigenvalue weighted by Crippen LogP contribution is -2.33. The maximum Gasteiger partial charge on any atom is 0.339 e. The Labute approximate surface area is 168 Å². The van der Waals surface area contributed by atoms with Crippen LogP contribution in [-0.4, -0.2) is 40.6 Å². The second kappa shape index (κ2) is 7.66. The highest BCUT2D eigenvalue weighted by atomic mass is 16.5. The van der Waals surface area contributed by atoms with E-state index >= 15 is 0 Å². The van der Waals surface area contributed by atoms with Crippen LogP contribution in [0.2, 0.25) is 0 Å². The first-order valence-corrected chi connectivity index (χ1v) is 9.70. The molecular weight excluding hydrogens is 370 g/mol. The summed E-state index contributed by atoms with van der Waals surface area (Å²) < 4.78 is 10.6. The summed E-state index contributed by atoms with van der Waals surface area (Å²) in [5.41, 5.74) is 3.08. The number of carbonyl (C=O) groups is 2. The number of likely N-dealkylation sites (N-methyl/N-ethyl adjacent to an activating group) is 1. The standard InChI is InChI=1S/C22H23N3O4/c1-13-20-17(11-18(16-9-10-16)23-21(20)29-24-13)22(27)28-12-19(26)25(3)14(2)15-7-5-4-6-8-15/h4-8,11,14,16H,9-10,12H2,1-3H3/t14-/m0/s1. The van der Waals surface area contributed by atoms with E-state index in [1.807, 2.05) is 37.3 Å². The summed E-state index contributed by atoms with van der Waals surface area (Å²) >= 11 is 0. The molecule has 2 heterocycles. The van der Waals surface area contributed by atoms with E-state index in [0.717, 1.165) is 24.1 Å². The van der Waals surface area contributed by atoms with Gasteiger partial charge in [-0.2, -0.15) is 0 Å². The molecule has 29 heavy (non-hydrogen) atoms. The summed E-state index contributed by atoms with van der Waals surface area (Å²) in [5, 5.41) is 4.46. The van der Waals surface area contributed by atoms with Crippen molar-refractivity contribution >= 4 is 23.0 Å². The minimum absolute atomic E-state index is 0.128. The van der Waals surface area contributed by atoms with Gasteiger partial charge in [0.05, 0.1) is 22.7 Å². The van der Waals surface area contributed by atoms with Crippen molar-refractivity contribution in [2.75, 3.05) is 13.7 Å². The van der Waals surface area contributed by atoms with Crippen molar-refractivity contribution in [1.29, 1.82) is 0 Å². The fourth-order valence-corrected chi connectivity index (χ4v) is 3.34. The highest BCUT2D eigenvalue weighted by Crippen LogP contribution is 2.40. The number of ether oxygens (including phenoxy) is 1. The maximum atomic E-state index is 12.8. The van der Waals surface area contributed by atoms with E-state index in [9.17, 15) is 9.59 Å². The van der Waals surface area contributed by atoms with Crippen molar-refractivity contribution in [2.24, 2.45) is 0 Å². The molecular formula is C22H23N3O4. The summed E-state index contributed by atoms with van der Waals surface area (Å²) in [7, 11) is 1.70. The Kier molecular flexibility index (Phi) is 5.05. The lowest BCUT2D eigenvalue weighted by atomic mass is 10.1. The van der Waals surface area contributed by atoms with E-state index in [1.165, 1.54) is 0 Å². The Balaban J connectivity index is 1.48. The summed E-state index contributed by atoms with van der Waals surface area (Å²) in [6, 6.07) is 11.3. The first kappa shape index (κ1) is 19.1. The number of benzene rings is 1. The van der Waals surface area contributed by atoms with Crippen molar-refractivity contribution in [2.45, 2.75) is 38.6 Å². The molecule has 1 fully saturated rings. The second-order valence-electron chi connectivity index (χ2n) is 7.48. The summed E-state index contributed by atoms with van der Waals surface area (Å²) in [6.07, 6.45) is 2.08. The van der Waals surface area contributed by atoms with Crippen LogP contribution in [0.4, 0.5) is 0 Å². The van der Waals surface area contributed by atoms with Gasteiger partial charge >= 0.3 is 5.97 Å². The summed E-state index contributed by atoms with van der Waals surface area (Å²) in [4.78, 5) is 31.4.